The molecule has 0 saturated heterocycles. The highest BCUT2D eigenvalue weighted by Crippen LogP contribution is 2.36. The third-order valence-electron chi connectivity index (χ3n) is 3.24. The van der Waals surface area contributed by atoms with Crippen LogP contribution in [0.25, 0.3) is 0 Å². The summed E-state index contributed by atoms with van der Waals surface area (Å²) in [5.74, 6) is -1.59. The van der Waals surface area contributed by atoms with Gasteiger partial charge >= 0.3 is 18.2 Å². The van der Waals surface area contributed by atoms with Gasteiger partial charge in [0.1, 0.15) is 11.2 Å². The average molecular weight is 392 g/mol. The van der Waals surface area contributed by atoms with E-state index >= 15 is 0 Å². The Labute approximate surface area is 155 Å². The van der Waals surface area contributed by atoms with E-state index in [1.165, 1.54) is 0 Å². The normalized spacial score (nSPS) is 11.7. The number of halogens is 3. The second kappa shape index (κ2) is 8.92. The number of alkyl halides is 3. The molecule has 0 aromatic carbocycles. The van der Waals surface area contributed by atoms with Gasteiger partial charge in [-0.05, 0) is 45.2 Å². The van der Waals surface area contributed by atoms with Crippen LogP contribution in [0.3, 0.4) is 0 Å². The first-order valence-corrected chi connectivity index (χ1v) is 8.09. The van der Waals surface area contributed by atoms with Gasteiger partial charge in [-0.1, -0.05) is 0 Å². The molecule has 1 heterocycles. The summed E-state index contributed by atoms with van der Waals surface area (Å²) in [6.07, 6.45) is -5.02. The Morgan fingerprint density at radius 1 is 1.19 bits per heavy atom. The molecule has 1 amide bonds. The lowest BCUT2D eigenvalue weighted by atomic mass is 10.0. The predicted octanol–water partition coefficient (Wildman–Crippen LogP) is 3.35. The van der Waals surface area contributed by atoms with E-state index < -0.39 is 35.3 Å². The van der Waals surface area contributed by atoms with Gasteiger partial charge < -0.3 is 19.5 Å². The summed E-state index contributed by atoms with van der Waals surface area (Å²) < 4.78 is 53.8. The van der Waals surface area contributed by atoms with Gasteiger partial charge in [0.2, 0.25) is 5.88 Å². The van der Waals surface area contributed by atoms with Crippen molar-refractivity contribution in [3.8, 4) is 5.88 Å². The van der Waals surface area contributed by atoms with Crippen molar-refractivity contribution in [1.82, 2.24) is 10.3 Å². The van der Waals surface area contributed by atoms with E-state index in [1.54, 1.807) is 20.8 Å². The number of esters is 1. The fraction of sp³-hybridized carbons (Fsp3) is 0.588. The highest BCUT2D eigenvalue weighted by Gasteiger charge is 2.37. The van der Waals surface area contributed by atoms with Gasteiger partial charge in [0, 0.05) is 6.54 Å². The third kappa shape index (κ3) is 6.95. The fourth-order valence-electron chi connectivity index (χ4n) is 2.14. The van der Waals surface area contributed by atoms with Crippen LogP contribution in [-0.4, -0.2) is 43.4 Å². The number of alkyl carbamates (subject to hydrolysis) is 1. The molecule has 27 heavy (non-hydrogen) atoms. The summed E-state index contributed by atoms with van der Waals surface area (Å²) in [5.41, 5.74) is -1.97. The highest BCUT2D eigenvalue weighted by molar-refractivity contribution is 5.89. The molecule has 152 valence electrons. The Balaban J connectivity index is 2.94. The molecule has 1 rings (SSSR count). The number of ether oxygens (including phenoxy) is 3. The molecule has 7 nitrogen and oxygen atoms in total. The van der Waals surface area contributed by atoms with E-state index in [1.807, 2.05) is 0 Å². The number of hydrogen-bond donors (Lipinski definition) is 1. The van der Waals surface area contributed by atoms with E-state index in [0.29, 0.717) is 0 Å². The van der Waals surface area contributed by atoms with Crippen LogP contribution < -0.4 is 10.1 Å². The number of carbonyl (C=O) groups is 2. The molecule has 10 heteroatoms. The number of rotatable bonds is 6. The number of aryl methyl sites for hydroxylation is 1. The summed E-state index contributed by atoms with van der Waals surface area (Å²) >= 11 is 0. The number of nitrogens with zero attached hydrogens (tertiary/aromatic N) is 1. The lowest BCUT2D eigenvalue weighted by Gasteiger charge is -2.19. The summed E-state index contributed by atoms with van der Waals surface area (Å²) in [4.78, 5) is 27.1. The second-order valence-corrected chi connectivity index (χ2v) is 6.57. The van der Waals surface area contributed by atoms with Crippen LogP contribution in [0.4, 0.5) is 18.0 Å². The van der Waals surface area contributed by atoms with Gasteiger partial charge in [-0.15, -0.1) is 0 Å². The van der Waals surface area contributed by atoms with Crippen molar-refractivity contribution in [2.24, 2.45) is 0 Å². The molecule has 0 aliphatic rings. The Morgan fingerprint density at radius 3 is 2.30 bits per heavy atom. The molecule has 0 saturated carbocycles. The molecule has 0 spiro atoms. The zero-order chi connectivity index (χ0) is 20.8. The Morgan fingerprint density at radius 2 is 1.81 bits per heavy atom. The number of aromatic nitrogens is 1. The van der Waals surface area contributed by atoms with Crippen LogP contribution in [0, 0.1) is 0 Å². The number of hydrogen-bond acceptors (Lipinski definition) is 6. The molecular formula is C17H23F3N2O5. The number of amides is 1. The highest BCUT2D eigenvalue weighted by atomic mass is 19.4. The van der Waals surface area contributed by atoms with Crippen LogP contribution in [0.15, 0.2) is 6.07 Å². The van der Waals surface area contributed by atoms with Crippen molar-refractivity contribution in [2.75, 3.05) is 20.8 Å². The first kappa shape index (κ1) is 22.5. The number of nitrogens with one attached hydrogen (secondary N) is 1. The zero-order valence-corrected chi connectivity index (χ0v) is 15.8. The van der Waals surface area contributed by atoms with Crippen LogP contribution in [0.5, 0.6) is 5.88 Å². The third-order valence-corrected chi connectivity index (χ3v) is 3.24. The molecule has 1 aromatic rings. The largest absolute Gasteiger partial charge is 0.481 e. The number of pyridine rings is 1. The standard InChI is InChI=1S/C17H23F3N2O5/c1-16(2,3)27-15(24)21-8-6-7-10-9-11(17(18,19)20)13(25-4)22-12(10)14(23)26-5/h9H,6-8H2,1-5H3,(H,21,24). The van der Waals surface area contributed by atoms with Crippen LogP contribution in [-0.2, 0) is 22.1 Å². The molecule has 0 radical (unpaired) electrons. The van der Waals surface area contributed by atoms with E-state index in [-0.39, 0.29) is 30.6 Å². The van der Waals surface area contributed by atoms with Gasteiger partial charge in [0.25, 0.3) is 0 Å². The van der Waals surface area contributed by atoms with Gasteiger partial charge in [0.15, 0.2) is 5.69 Å². The van der Waals surface area contributed by atoms with Crippen molar-refractivity contribution < 1.29 is 37.0 Å². The lowest BCUT2D eigenvalue weighted by Crippen LogP contribution is -2.33. The Kier molecular flexibility index (Phi) is 7.44. The minimum atomic E-state index is -4.70. The molecule has 1 N–H and O–H groups in total. The predicted molar refractivity (Wildman–Crippen MR) is 89.7 cm³/mol. The van der Waals surface area contributed by atoms with Crippen molar-refractivity contribution in [3.05, 3.63) is 22.9 Å². The minimum absolute atomic E-state index is 0.0426. The van der Waals surface area contributed by atoms with Crippen LogP contribution >= 0.6 is 0 Å². The monoisotopic (exact) mass is 392 g/mol. The van der Waals surface area contributed by atoms with E-state index in [2.05, 4.69) is 19.8 Å². The zero-order valence-electron chi connectivity index (χ0n) is 15.8. The number of carbonyl (C=O) groups excluding carboxylic acids is 2. The number of methoxy groups -OCH3 is 2. The molecule has 0 aliphatic carbocycles. The first-order chi connectivity index (χ1) is 12.4. The topological polar surface area (TPSA) is 86.8 Å². The molecule has 0 atom stereocenters. The maximum atomic E-state index is 13.2. The minimum Gasteiger partial charge on any atom is -0.481 e. The smallest absolute Gasteiger partial charge is 0.421 e. The van der Waals surface area contributed by atoms with Crippen LogP contribution in [0.2, 0.25) is 0 Å². The van der Waals surface area contributed by atoms with E-state index in [4.69, 9.17) is 4.74 Å². The molecule has 0 aliphatic heterocycles. The van der Waals surface area contributed by atoms with E-state index in [9.17, 15) is 22.8 Å². The summed E-state index contributed by atoms with van der Waals surface area (Å²) in [6.45, 7) is 5.26. The molecule has 0 bridgehead atoms. The molecule has 0 fully saturated rings. The van der Waals surface area contributed by atoms with Crippen molar-refractivity contribution in [2.45, 2.75) is 45.4 Å². The summed E-state index contributed by atoms with van der Waals surface area (Å²) in [5, 5.41) is 2.49. The van der Waals surface area contributed by atoms with Crippen LogP contribution in [0.1, 0.15) is 48.8 Å². The summed E-state index contributed by atoms with van der Waals surface area (Å²) in [6, 6.07) is 0.811. The van der Waals surface area contributed by atoms with E-state index in [0.717, 1.165) is 20.3 Å². The average Bonchev–Trinajstić information content (AvgIpc) is 2.54. The SMILES string of the molecule is COC(=O)c1nc(OC)c(C(F)(F)F)cc1CCCNC(=O)OC(C)(C)C. The van der Waals surface area contributed by atoms with Gasteiger partial charge in [-0.3, -0.25) is 0 Å². The fourth-order valence-corrected chi connectivity index (χ4v) is 2.14. The quantitative estimate of drug-likeness (QED) is 0.590. The van der Waals surface area contributed by atoms with Crippen molar-refractivity contribution in [1.29, 1.82) is 0 Å². The maximum Gasteiger partial charge on any atom is 0.421 e. The molecular weight excluding hydrogens is 369 g/mol. The van der Waals surface area contributed by atoms with Crippen molar-refractivity contribution in [3.63, 3.8) is 0 Å². The molecule has 0 unspecified atom stereocenters. The van der Waals surface area contributed by atoms with Crippen molar-refractivity contribution >= 4 is 12.1 Å². The molecule has 1 aromatic heterocycles. The maximum absolute atomic E-state index is 13.2. The summed E-state index contributed by atoms with van der Waals surface area (Å²) in [7, 11) is 2.13. The Hall–Kier alpha value is -2.52. The lowest BCUT2D eigenvalue weighted by molar-refractivity contribution is -0.139. The van der Waals surface area contributed by atoms with Gasteiger partial charge in [0.05, 0.1) is 14.2 Å². The Bertz CT molecular complexity index is 684. The van der Waals surface area contributed by atoms with Gasteiger partial charge in [-0.2, -0.15) is 13.2 Å². The first-order valence-electron chi connectivity index (χ1n) is 8.09. The van der Waals surface area contributed by atoms with Gasteiger partial charge in [-0.25, -0.2) is 14.6 Å². The second-order valence-electron chi connectivity index (χ2n) is 6.57.